The van der Waals surface area contributed by atoms with E-state index in [4.69, 9.17) is 0 Å². The van der Waals surface area contributed by atoms with Gasteiger partial charge < -0.3 is 5.11 Å². The molecule has 1 heterocycles. The molecule has 1 N–H and O–H groups in total. The van der Waals surface area contributed by atoms with Gasteiger partial charge >= 0.3 is 0 Å². The van der Waals surface area contributed by atoms with E-state index in [1.165, 1.54) is 5.56 Å². The Labute approximate surface area is 114 Å². The van der Waals surface area contributed by atoms with E-state index in [0.717, 1.165) is 18.4 Å². The molecule has 1 aliphatic rings. The van der Waals surface area contributed by atoms with Crippen LogP contribution in [0.1, 0.15) is 36.8 Å². The summed E-state index contributed by atoms with van der Waals surface area (Å²) in [5.41, 5.74) is 2.39. The van der Waals surface area contributed by atoms with Gasteiger partial charge in [-0.15, -0.1) is 0 Å². The zero-order valence-electron chi connectivity index (χ0n) is 11.2. The maximum absolute atomic E-state index is 10.8. The Kier molecular flexibility index (Phi) is 3.11. The maximum atomic E-state index is 10.8. The molecular weight excluding hydrogens is 234 g/mol. The Hall–Kier alpha value is -1.67. The summed E-state index contributed by atoms with van der Waals surface area (Å²) in [7, 11) is 0. The lowest BCUT2D eigenvalue weighted by Gasteiger charge is -2.28. The Balaban J connectivity index is 1.86. The third kappa shape index (κ3) is 2.17. The molecule has 1 saturated carbocycles. The topological polar surface area (TPSA) is 33.1 Å². The molecule has 1 fully saturated rings. The lowest BCUT2D eigenvalue weighted by Crippen LogP contribution is -2.31. The lowest BCUT2D eigenvalue weighted by atomic mass is 9.81. The van der Waals surface area contributed by atoms with E-state index in [9.17, 15) is 5.11 Å². The number of pyridine rings is 1. The first kappa shape index (κ1) is 12.4. The fraction of sp³-hybridized carbons (Fsp3) is 0.353. The van der Waals surface area contributed by atoms with Crippen LogP contribution in [0.4, 0.5) is 0 Å². The molecule has 2 atom stereocenters. The van der Waals surface area contributed by atoms with Crippen molar-refractivity contribution < 1.29 is 5.11 Å². The van der Waals surface area contributed by atoms with Gasteiger partial charge in [-0.3, -0.25) is 4.98 Å². The number of rotatable bonds is 4. The molecule has 0 saturated heterocycles. The van der Waals surface area contributed by atoms with Crippen molar-refractivity contribution in [2.75, 3.05) is 0 Å². The molecule has 19 heavy (non-hydrogen) atoms. The second kappa shape index (κ2) is 4.78. The molecule has 1 aliphatic carbocycles. The van der Waals surface area contributed by atoms with E-state index in [1.807, 2.05) is 18.2 Å². The largest absolute Gasteiger partial charge is 0.392 e. The minimum absolute atomic E-state index is 0.0378. The Morgan fingerprint density at radius 3 is 2.26 bits per heavy atom. The third-order valence-corrected chi connectivity index (χ3v) is 4.41. The van der Waals surface area contributed by atoms with E-state index < -0.39 is 0 Å². The van der Waals surface area contributed by atoms with Crippen molar-refractivity contribution in [1.29, 1.82) is 0 Å². The number of aliphatic hydroxyl groups excluding tert-OH is 1. The fourth-order valence-electron chi connectivity index (χ4n) is 2.99. The van der Waals surface area contributed by atoms with Crippen LogP contribution in [0.15, 0.2) is 54.9 Å². The van der Waals surface area contributed by atoms with Gasteiger partial charge in [-0.2, -0.15) is 0 Å². The molecule has 0 spiro atoms. The highest BCUT2D eigenvalue weighted by molar-refractivity contribution is 5.35. The van der Waals surface area contributed by atoms with Gasteiger partial charge in [0.1, 0.15) is 0 Å². The highest BCUT2D eigenvalue weighted by Crippen LogP contribution is 2.53. The van der Waals surface area contributed by atoms with Crippen molar-refractivity contribution in [2.45, 2.75) is 37.2 Å². The zero-order valence-corrected chi connectivity index (χ0v) is 11.2. The van der Waals surface area contributed by atoms with Gasteiger partial charge in [0, 0.05) is 23.7 Å². The summed E-state index contributed by atoms with van der Waals surface area (Å²) < 4.78 is 0. The Morgan fingerprint density at radius 1 is 1.05 bits per heavy atom. The minimum atomic E-state index is -0.336. The highest BCUT2D eigenvalue weighted by atomic mass is 16.3. The molecule has 98 valence electrons. The van der Waals surface area contributed by atoms with Gasteiger partial charge in [-0.25, -0.2) is 0 Å². The van der Waals surface area contributed by atoms with Crippen molar-refractivity contribution >= 4 is 0 Å². The van der Waals surface area contributed by atoms with Crippen LogP contribution in [0.3, 0.4) is 0 Å². The van der Waals surface area contributed by atoms with Gasteiger partial charge in [0.05, 0.1) is 6.10 Å². The van der Waals surface area contributed by atoms with Crippen LogP contribution in [0.5, 0.6) is 0 Å². The van der Waals surface area contributed by atoms with Crippen LogP contribution in [0.25, 0.3) is 0 Å². The van der Waals surface area contributed by atoms with Gasteiger partial charge in [0.2, 0.25) is 0 Å². The summed E-state index contributed by atoms with van der Waals surface area (Å²) >= 11 is 0. The van der Waals surface area contributed by atoms with Gasteiger partial charge in [0.25, 0.3) is 0 Å². The molecular formula is C17H19NO. The third-order valence-electron chi connectivity index (χ3n) is 4.41. The standard InChI is InChI=1S/C17H19NO/c1-13(14-7-11-18-12-8-14)16(19)17(9-10-17)15-5-3-2-4-6-15/h2-8,11-13,16,19H,9-10H2,1H3. The van der Waals surface area contributed by atoms with Crippen LogP contribution in [-0.2, 0) is 5.41 Å². The first-order chi connectivity index (χ1) is 9.24. The number of hydrogen-bond acceptors (Lipinski definition) is 2. The van der Waals surface area contributed by atoms with E-state index in [2.05, 4.69) is 36.2 Å². The fourth-order valence-corrected chi connectivity index (χ4v) is 2.99. The minimum Gasteiger partial charge on any atom is -0.392 e. The Morgan fingerprint density at radius 2 is 1.68 bits per heavy atom. The van der Waals surface area contributed by atoms with Crippen molar-refractivity contribution in [3.8, 4) is 0 Å². The summed E-state index contributed by atoms with van der Waals surface area (Å²) in [5, 5.41) is 10.8. The van der Waals surface area contributed by atoms with Gasteiger partial charge in [0.15, 0.2) is 0 Å². The molecule has 2 unspecified atom stereocenters. The highest BCUT2D eigenvalue weighted by Gasteiger charge is 2.51. The molecule has 3 rings (SSSR count). The molecule has 2 nitrogen and oxygen atoms in total. The van der Waals surface area contributed by atoms with Crippen LogP contribution in [0, 0.1) is 0 Å². The summed E-state index contributed by atoms with van der Waals surface area (Å²) in [5.74, 6) is 0.130. The first-order valence-electron chi connectivity index (χ1n) is 6.87. The number of aliphatic hydroxyl groups is 1. The van der Waals surface area contributed by atoms with Crippen LogP contribution in [0.2, 0.25) is 0 Å². The summed E-state index contributed by atoms with van der Waals surface area (Å²) in [6.45, 7) is 2.10. The van der Waals surface area contributed by atoms with Crippen molar-refractivity contribution in [3.63, 3.8) is 0 Å². The Bertz CT molecular complexity index is 534. The quantitative estimate of drug-likeness (QED) is 0.907. The van der Waals surface area contributed by atoms with Crippen LogP contribution in [-0.4, -0.2) is 16.2 Å². The molecule has 1 aromatic heterocycles. The van der Waals surface area contributed by atoms with Crippen molar-refractivity contribution in [3.05, 3.63) is 66.0 Å². The maximum Gasteiger partial charge on any atom is 0.0702 e. The predicted molar refractivity (Wildman–Crippen MR) is 76.0 cm³/mol. The average Bonchev–Trinajstić information content (AvgIpc) is 3.29. The summed E-state index contributed by atoms with van der Waals surface area (Å²) in [6, 6.07) is 14.4. The number of hydrogen-bond donors (Lipinski definition) is 1. The summed E-state index contributed by atoms with van der Waals surface area (Å²) in [6.07, 6.45) is 5.40. The van der Waals surface area contributed by atoms with Gasteiger partial charge in [-0.05, 0) is 36.1 Å². The van der Waals surface area contributed by atoms with Gasteiger partial charge in [-0.1, -0.05) is 37.3 Å². The first-order valence-corrected chi connectivity index (χ1v) is 6.87. The SMILES string of the molecule is CC(c1ccncc1)C(O)C1(c2ccccc2)CC1. The molecule has 0 bridgehead atoms. The number of nitrogens with zero attached hydrogens (tertiary/aromatic N) is 1. The molecule has 0 aliphatic heterocycles. The smallest absolute Gasteiger partial charge is 0.0702 e. The summed E-state index contributed by atoms with van der Waals surface area (Å²) in [4.78, 5) is 4.04. The lowest BCUT2D eigenvalue weighted by molar-refractivity contribution is 0.108. The normalized spacial score (nSPS) is 19.7. The van der Waals surface area contributed by atoms with Crippen LogP contribution >= 0.6 is 0 Å². The molecule has 1 aromatic carbocycles. The van der Waals surface area contributed by atoms with Crippen molar-refractivity contribution in [1.82, 2.24) is 4.98 Å². The molecule has 2 heteroatoms. The zero-order chi connectivity index (χ0) is 13.3. The molecule has 0 radical (unpaired) electrons. The van der Waals surface area contributed by atoms with E-state index >= 15 is 0 Å². The second-order valence-corrected chi connectivity index (χ2v) is 5.54. The van der Waals surface area contributed by atoms with Crippen LogP contribution < -0.4 is 0 Å². The number of benzene rings is 1. The molecule has 0 amide bonds. The monoisotopic (exact) mass is 253 g/mol. The molecule has 2 aromatic rings. The van der Waals surface area contributed by atoms with E-state index in [1.54, 1.807) is 12.4 Å². The average molecular weight is 253 g/mol. The van der Waals surface area contributed by atoms with Crippen molar-refractivity contribution in [2.24, 2.45) is 0 Å². The van der Waals surface area contributed by atoms with E-state index in [0.29, 0.717) is 0 Å². The van der Waals surface area contributed by atoms with E-state index in [-0.39, 0.29) is 17.4 Å². The predicted octanol–water partition coefficient (Wildman–Crippen LogP) is 3.28. The second-order valence-electron chi connectivity index (χ2n) is 5.54. The number of aromatic nitrogens is 1.